The molecule has 2 N–H and O–H groups in total. The zero-order valence-electron chi connectivity index (χ0n) is 9.03. The minimum absolute atomic E-state index is 0.518. The van der Waals surface area contributed by atoms with Gasteiger partial charge in [-0.05, 0) is 43.3 Å². The average Bonchev–Trinajstić information content (AvgIpc) is 2.62. The summed E-state index contributed by atoms with van der Waals surface area (Å²) in [6.07, 6.45) is 0. The molecule has 0 unspecified atom stereocenters. The number of aryl methyl sites for hydroxylation is 1. The van der Waals surface area contributed by atoms with Crippen molar-refractivity contribution in [2.24, 2.45) is 0 Å². The van der Waals surface area contributed by atoms with Gasteiger partial charge in [0.2, 0.25) is 0 Å². The SMILES string of the molecule is Cc1sccc1-c1nnc(N)c(C)c1C. The van der Waals surface area contributed by atoms with Crippen LogP contribution in [0.5, 0.6) is 0 Å². The van der Waals surface area contributed by atoms with Crippen LogP contribution in [0.4, 0.5) is 5.82 Å². The van der Waals surface area contributed by atoms with Gasteiger partial charge in [0.05, 0.1) is 5.69 Å². The van der Waals surface area contributed by atoms with Gasteiger partial charge in [0.1, 0.15) is 5.82 Å². The van der Waals surface area contributed by atoms with Crippen LogP contribution in [0.2, 0.25) is 0 Å². The summed E-state index contributed by atoms with van der Waals surface area (Å²) >= 11 is 1.72. The summed E-state index contributed by atoms with van der Waals surface area (Å²) in [5.74, 6) is 0.518. The molecular weight excluding hydrogens is 206 g/mol. The minimum atomic E-state index is 0.518. The van der Waals surface area contributed by atoms with E-state index in [1.54, 1.807) is 11.3 Å². The third kappa shape index (κ3) is 1.61. The number of rotatable bonds is 1. The molecule has 0 radical (unpaired) electrons. The second kappa shape index (κ2) is 3.62. The summed E-state index contributed by atoms with van der Waals surface area (Å²) < 4.78 is 0. The number of aromatic nitrogens is 2. The van der Waals surface area contributed by atoms with Crippen molar-refractivity contribution in [1.29, 1.82) is 0 Å². The van der Waals surface area contributed by atoms with Crippen molar-refractivity contribution >= 4 is 17.2 Å². The molecule has 2 rings (SSSR count). The lowest BCUT2D eigenvalue weighted by Gasteiger charge is -2.07. The van der Waals surface area contributed by atoms with Crippen LogP contribution in [-0.4, -0.2) is 10.2 Å². The van der Waals surface area contributed by atoms with E-state index in [1.165, 1.54) is 4.88 Å². The maximum atomic E-state index is 5.71. The van der Waals surface area contributed by atoms with Crippen LogP contribution in [0.1, 0.15) is 16.0 Å². The molecule has 0 bridgehead atoms. The Kier molecular flexibility index (Phi) is 2.44. The van der Waals surface area contributed by atoms with Crippen molar-refractivity contribution in [2.75, 3.05) is 5.73 Å². The maximum Gasteiger partial charge on any atom is 0.149 e. The van der Waals surface area contributed by atoms with Crippen molar-refractivity contribution < 1.29 is 0 Å². The van der Waals surface area contributed by atoms with Crippen LogP contribution >= 0.6 is 11.3 Å². The van der Waals surface area contributed by atoms with E-state index in [-0.39, 0.29) is 0 Å². The average molecular weight is 219 g/mol. The van der Waals surface area contributed by atoms with Crippen LogP contribution < -0.4 is 5.73 Å². The van der Waals surface area contributed by atoms with E-state index < -0.39 is 0 Å². The van der Waals surface area contributed by atoms with Gasteiger partial charge in [0.25, 0.3) is 0 Å². The molecule has 0 spiro atoms. The Morgan fingerprint density at radius 3 is 2.47 bits per heavy atom. The van der Waals surface area contributed by atoms with Gasteiger partial charge in [-0.15, -0.1) is 21.5 Å². The van der Waals surface area contributed by atoms with Gasteiger partial charge in [0.15, 0.2) is 0 Å². The highest BCUT2D eigenvalue weighted by molar-refractivity contribution is 7.10. The first kappa shape index (κ1) is 10.1. The highest BCUT2D eigenvalue weighted by atomic mass is 32.1. The van der Waals surface area contributed by atoms with E-state index in [9.17, 15) is 0 Å². The van der Waals surface area contributed by atoms with Gasteiger partial charge in [-0.3, -0.25) is 0 Å². The first-order valence-corrected chi connectivity index (χ1v) is 5.63. The number of nitrogen functional groups attached to an aromatic ring is 1. The van der Waals surface area contributed by atoms with E-state index in [2.05, 4.69) is 28.6 Å². The lowest BCUT2D eigenvalue weighted by atomic mass is 10.0. The molecule has 0 atom stereocenters. The predicted molar refractivity (Wildman–Crippen MR) is 64.0 cm³/mol. The molecule has 3 nitrogen and oxygen atoms in total. The molecule has 2 heterocycles. The van der Waals surface area contributed by atoms with E-state index in [4.69, 9.17) is 5.73 Å². The Hall–Kier alpha value is -1.42. The minimum Gasteiger partial charge on any atom is -0.382 e. The number of hydrogen-bond donors (Lipinski definition) is 1. The number of anilines is 1. The fourth-order valence-electron chi connectivity index (χ4n) is 1.51. The maximum absolute atomic E-state index is 5.71. The summed E-state index contributed by atoms with van der Waals surface area (Å²) in [6, 6.07) is 2.08. The Morgan fingerprint density at radius 2 is 1.87 bits per heavy atom. The van der Waals surface area contributed by atoms with Crippen LogP contribution in [0.3, 0.4) is 0 Å². The third-order valence-corrected chi connectivity index (χ3v) is 3.52. The quantitative estimate of drug-likeness (QED) is 0.802. The van der Waals surface area contributed by atoms with E-state index >= 15 is 0 Å². The lowest BCUT2D eigenvalue weighted by Crippen LogP contribution is -2.01. The Bertz CT molecular complexity index is 503. The summed E-state index contributed by atoms with van der Waals surface area (Å²) in [4.78, 5) is 1.26. The summed E-state index contributed by atoms with van der Waals surface area (Å²) in [5.41, 5.74) is 9.95. The van der Waals surface area contributed by atoms with Gasteiger partial charge < -0.3 is 5.73 Å². The third-order valence-electron chi connectivity index (χ3n) is 2.67. The highest BCUT2D eigenvalue weighted by Gasteiger charge is 2.11. The first-order chi connectivity index (χ1) is 7.11. The largest absolute Gasteiger partial charge is 0.382 e. The summed E-state index contributed by atoms with van der Waals surface area (Å²) in [7, 11) is 0. The zero-order chi connectivity index (χ0) is 11.0. The molecule has 0 fully saturated rings. The van der Waals surface area contributed by atoms with Gasteiger partial charge in [0, 0.05) is 10.4 Å². The second-order valence-electron chi connectivity index (χ2n) is 3.57. The van der Waals surface area contributed by atoms with Crippen molar-refractivity contribution in [3.63, 3.8) is 0 Å². The Labute approximate surface area is 93.0 Å². The second-order valence-corrected chi connectivity index (χ2v) is 4.69. The molecule has 0 aliphatic heterocycles. The Morgan fingerprint density at radius 1 is 1.13 bits per heavy atom. The molecule has 0 aliphatic rings. The molecule has 78 valence electrons. The summed E-state index contributed by atoms with van der Waals surface area (Å²) in [5, 5.41) is 10.2. The van der Waals surface area contributed by atoms with Gasteiger partial charge >= 0.3 is 0 Å². The number of nitrogens with zero attached hydrogens (tertiary/aromatic N) is 2. The van der Waals surface area contributed by atoms with Crippen LogP contribution in [-0.2, 0) is 0 Å². The van der Waals surface area contributed by atoms with E-state index in [1.807, 2.05) is 13.8 Å². The van der Waals surface area contributed by atoms with Crippen molar-refractivity contribution in [3.8, 4) is 11.3 Å². The lowest BCUT2D eigenvalue weighted by molar-refractivity contribution is 1.01. The van der Waals surface area contributed by atoms with Crippen molar-refractivity contribution in [3.05, 3.63) is 27.5 Å². The Balaban J connectivity index is 2.65. The zero-order valence-corrected chi connectivity index (χ0v) is 9.85. The van der Waals surface area contributed by atoms with Gasteiger partial charge in [-0.2, -0.15) is 0 Å². The molecule has 2 aromatic rings. The topological polar surface area (TPSA) is 51.8 Å². The molecular formula is C11H13N3S. The molecule has 0 aliphatic carbocycles. The van der Waals surface area contributed by atoms with Crippen LogP contribution in [0.15, 0.2) is 11.4 Å². The number of hydrogen-bond acceptors (Lipinski definition) is 4. The molecule has 0 amide bonds. The van der Waals surface area contributed by atoms with Crippen molar-refractivity contribution in [2.45, 2.75) is 20.8 Å². The summed E-state index contributed by atoms with van der Waals surface area (Å²) in [6.45, 7) is 6.10. The molecule has 0 saturated carbocycles. The molecule has 0 aromatic carbocycles. The van der Waals surface area contributed by atoms with Gasteiger partial charge in [-0.25, -0.2) is 0 Å². The number of thiophene rings is 1. The van der Waals surface area contributed by atoms with Crippen LogP contribution in [0, 0.1) is 20.8 Å². The van der Waals surface area contributed by atoms with E-state index in [0.29, 0.717) is 5.82 Å². The van der Waals surface area contributed by atoms with E-state index in [0.717, 1.165) is 22.4 Å². The highest BCUT2D eigenvalue weighted by Crippen LogP contribution is 2.29. The van der Waals surface area contributed by atoms with Crippen LogP contribution in [0.25, 0.3) is 11.3 Å². The van der Waals surface area contributed by atoms with Crippen molar-refractivity contribution in [1.82, 2.24) is 10.2 Å². The predicted octanol–water partition coefficient (Wildman–Crippen LogP) is 2.71. The molecule has 0 saturated heterocycles. The first-order valence-electron chi connectivity index (χ1n) is 4.75. The fourth-order valence-corrected chi connectivity index (χ4v) is 2.21. The monoisotopic (exact) mass is 219 g/mol. The van der Waals surface area contributed by atoms with Gasteiger partial charge in [-0.1, -0.05) is 0 Å². The molecule has 2 aromatic heterocycles. The molecule has 15 heavy (non-hydrogen) atoms. The normalized spacial score (nSPS) is 10.6. The fraction of sp³-hybridized carbons (Fsp3) is 0.273. The standard InChI is InChI=1S/C11H13N3S/c1-6-7(2)11(12)14-13-10(6)9-4-5-15-8(9)3/h4-5H,1-3H3,(H2,12,14). The smallest absolute Gasteiger partial charge is 0.149 e. The molecule has 4 heteroatoms. The number of nitrogens with two attached hydrogens (primary N) is 1.